The quantitative estimate of drug-likeness (QED) is 0.871. The maximum Gasteiger partial charge on any atom is 0.225 e. The Bertz CT molecular complexity index is 749. The Morgan fingerprint density at radius 2 is 1.81 bits per heavy atom. The molecule has 0 radical (unpaired) electrons. The van der Waals surface area contributed by atoms with E-state index in [4.69, 9.17) is 0 Å². The Labute approximate surface area is 160 Å². The van der Waals surface area contributed by atoms with Gasteiger partial charge in [-0.1, -0.05) is 5.21 Å². The van der Waals surface area contributed by atoms with Crippen LogP contribution in [-0.2, 0) is 6.54 Å². The SMILES string of the molecule is Cc1cc(C)nc(N2CCC(n3cc(CN4CCC[C@H](O)C4)nn3)CC2)n1. The Balaban J connectivity index is 1.34. The maximum absolute atomic E-state index is 9.82. The first kappa shape index (κ1) is 18.3. The van der Waals surface area contributed by atoms with Gasteiger partial charge in [-0.2, -0.15) is 0 Å². The molecule has 2 aromatic rings. The van der Waals surface area contributed by atoms with Gasteiger partial charge in [0.25, 0.3) is 0 Å². The Kier molecular flexibility index (Phi) is 5.36. The molecule has 0 saturated carbocycles. The molecule has 1 atom stereocenters. The largest absolute Gasteiger partial charge is 0.392 e. The van der Waals surface area contributed by atoms with E-state index >= 15 is 0 Å². The first-order chi connectivity index (χ1) is 13.1. The van der Waals surface area contributed by atoms with Crippen LogP contribution in [-0.4, -0.2) is 67.3 Å². The van der Waals surface area contributed by atoms with Crippen molar-refractivity contribution in [3.05, 3.63) is 29.3 Å². The van der Waals surface area contributed by atoms with Crippen molar-refractivity contribution in [1.29, 1.82) is 0 Å². The summed E-state index contributed by atoms with van der Waals surface area (Å²) >= 11 is 0. The predicted molar refractivity (Wildman–Crippen MR) is 103 cm³/mol. The first-order valence-corrected chi connectivity index (χ1v) is 9.95. The highest BCUT2D eigenvalue weighted by Crippen LogP contribution is 2.24. The number of aliphatic hydroxyl groups is 1. The highest BCUT2D eigenvalue weighted by Gasteiger charge is 2.24. The fourth-order valence-electron chi connectivity index (χ4n) is 4.15. The van der Waals surface area contributed by atoms with Crippen LogP contribution in [0.1, 0.15) is 48.8 Å². The van der Waals surface area contributed by atoms with Crippen molar-refractivity contribution < 1.29 is 5.11 Å². The van der Waals surface area contributed by atoms with E-state index in [1.54, 1.807) is 0 Å². The van der Waals surface area contributed by atoms with Crippen molar-refractivity contribution >= 4 is 5.95 Å². The molecule has 2 aromatic heterocycles. The summed E-state index contributed by atoms with van der Waals surface area (Å²) in [5.41, 5.74) is 3.02. The van der Waals surface area contributed by atoms with Gasteiger partial charge < -0.3 is 10.0 Å². The van der Waals surface area contributed by atoms with Gasteiger partial charge in [-0.05, 0) is 52.1 Å². The smallest absolute Gasteiger partial charge is 0.225 e. The van der Waals surface area contributed by atoms with Gasteiger partial charge in [0.05, 0.1) is 24.0 Å². The second kappa shape index (κ2) is 7.90. The Hall–Kier alpha value is -2.06. The number of aliphatic hydroxyl groups excluding tert-OH is 1. The molecule has 0 amide bonds. The molecule has 0 bridgehead atoms. The third-order valence-corrected chi connectivity index (χ3v) is 5.52. The number of aryl methyl sites for hydroxylation is 2. The van der Waals surface area contributed by atoms with Crippen LogP contribution in [0, 0.1) is 13.8 Å². The lowest BCUT2D eigenvalue weighted by molar-refractivity contribution is 0.0662. The minimum Gasteiger partial charge on any atom is -0.392 e. The minimum atomic E-state index is -0.203. The summed E-state index contributed by atoms with van der Waals surface area (Å²) in [6, 6.07) is 2.38. The van der Waals surface area contributed by atoms with E-state index in [1.807, 2.05) is 24.6 Å². The monoisotopic (exact) mass is 371 g/mol. The number of β-amino-alcohol motifs (C(OH)–C–C–N with tert-alkyl or cyclic N) is 1. The molecule has 146 valence electrons. The molecule has 4 rings (SSSR count). The first-order valence-electron chi connectivity index (χ1n) is 9.95. The van der Waals surface area contributed by atoms with Crippen LogP contribution in [0.3, 0.4) is 0 Å². The van der Waals surface area contributed by atoms with E-state index in [9.17, 15) is 5.11 Å². The number of hydrogen-bond acceptors (Lipinski definition) is 7. The van der Waals surface area contributed by atoms with E-state index < -0.39 is 0 Å². The van der Waals surface area contributed by atoms with Gasteiger partial charge in [0.1, 0.15) is 0 Å². The summed E-state index contributed by atoms with van der Waals surface area (Å²) in [6.45, 7) is 8.43. The summed E-state index contributed by atoms with van der Waals surface area (Å²) in [4.78, 5) is 13.7. The molecule has 8 heteroatoms. The van der Waals surface area contributed by atoms with Gasteiger partial charge in [0.15, 0.2) is 0 Å². The zero-order valence-corrected chi connectivity index (χ0v) is 16.3. The summed E-state index contributed by atoms with van der Waals surface area (Å²) < 4.78 is 2.02. The summed E-state index contributed by atoms with van der Waals surface area (Å²) in [5.74, 6) is 0.842. The van der Waals surface area contributed by atoms with E-state index in [0.717, 1.165) is 81.4 Å². The van der Waals surface area contributed by atoms with Crippen LogP contribution in [0.5, 0.6) is 0 Å². The highest BCUT2D eigenvalue weighted by molar-refractivity contribution is 5.32. The second-order valence-electron chi connectivity index (χ2n) is 7.89. The van der Waals surface area contributed by atoms with Crippen molar-refractivity contribution in [3.63, 3.8) is 0 Å². The zero-order chi connectivity index (χ0) is 18.8. The number of aromatic nitrogens is 5. The van der Waals surface area contributed by atoms with Crippen molar-refractivity contribution in [3.8, 4) is 0 Å². The molecular formula is C19H29N7O. The third-order valence-electron chi connectivity index (χ3n) is 5.52. The molecule has 2 fully saturated rings. The molecule has 2 aliphatic heterocycles. The third kappa shape index (κ3) is 4.44. The molecule has 8 nitrogen and oxygen atoms in total. The lowest BCUT2D eigenvalue weighted by Crippen LogP contribution is -2.37. The summed E-state index contributed by atoms with van der Waals surface area (Å²) in [6.07, 6.45) is 5.86. The second-order valence-corrected chi connectivity index (χ2v) is 7.89. The molecule has 27 heavy (non-hydrogen) atoms. The average molecular weight is 371 g/mol. The van der Waals surface area contributed by atoms with Crippen molar-refractivity contribution in [2.75, 3.05) is 31.1 Å². The number of anilines is 1. The highest BCUT2D eigenvalue weighted by atomic mass is 16.3. The van der Waals surface area contributed by atoms with E-state index in [0.29, 0.717) is 6.04 Å². The molecule has 2 aliphatic rings. The molecule has 1 N–H and O–H groups in total. The fraction of sp³-hybridized carbons (Fsp3) is 0.684. The predicted octanol–water partition coefficient (Wildman–Crippen LogP) is 1.48. The molecular weight excluding hydrogens is 342 g/mol. The van der Waals surface area contributed by atoms with Gasteiger partial charge in [0.2, 0.25) is 5.95 Å². The standard InChI is InChI=1S/C19H29N7O/c1-14-10-15(2)21-19(20-14)25-8-5-17(6-9-25)26-12-16(22-23-26)11-24-7-3-4-18(27)13-24/h10,12,17-18,27H,3-9,11,13H2,1-2H3/t18-/m0/s1. The number of likely N-dealkylation sites (tertiary alicyclic amines) is 1. The number of piperidine rings is 2. The van der Waals surface area contributed by atoms with E-state index in [1.165, 1.54) is 0 Å². The number of hydrogen-bond donors (Lipinski definition) is 1. The maximum atomic E-state index is 9.82. The van der Waals surface area contributed by atoms with Crippen LogP contribution in [0.25, 0.3) is 0 Å². The molecule has 0 spiro atoms. The Morgan fingerprint density at radius 3 is 2.52 bits per heavy atom. The normalized spacial score (nSPS) is 22.3. The van der Waals surface area contributed by atoms with E-state index in [-0.39, 0.29) is 6.10 Å². The van der Waals surface area contributed by atoms with Crippen molar-refractivity contribution in [2.45, 2.75) is 58.2 Å². The minimum absolute atomic E-state index is 0.203. The van der Waals surface area contributed by atoms with Crippen LogP contribution < -0.4 is 4.90 Å². The molecule has 2 saturated heterocycles. The van der Waals surface area contributed by atoms with Gasteiger partial charge >= 0.3 is 0 Å². The topological polar surface area (TPSA) is 83.2 Å². The lowest BCUT2D eigenvalue weighted by Gasteiger charge is -2.32. The van der Waals surface area contributed by atoms with Crippen molar-refractivity contribution in [1.82, 2.24) is 29.9 Å². The van der Waals surface area contributed by atoms with Crippen LogP contribution >= 0.6 is 0 Å². The van der Waals surface area contributed by atoms with E-state index in [2.05, 4.69) is 36.3 Å². The summed E-state index contributed by atoms with van der Waals surface area (Å²) in [7, 11) is 0. The average Bonchev–Trinajstić information content (AvgIpc) is 3.09. The fourth-order valence-corrected chi connectivity index (χ4v) is 4.15. The lowest BCUT2D eigenvalue weighted by atomic mass is 10.1. The van der Waals surface area contributed by atoms with Crippen molar-refractivity contribution in [2.24, 2.45) is 0 Å². The Morgan fingerprint density at radius 1 is 1.07 bits per heavy atom. The van der Waals surface area contributed by atoms with Gasteiger partial charge in [-0.15, -0.1) is 5.10 Å². The number of nitrogens with zero attached hydrogens (tertiary/aromatic N) is 7. The molecule has 0 aromatic carbocycles. The van der Waals surface area contributed by atoms with Crippen LogP contribution in [0.15, 0.2) is 12.3 Å². The molecule has 0 unspecified atom stereocenters. The zero-order valence-electron chi connectivity index (χ0n) is 16.3. The van der Waals surface area contributed by atoms with Gasteiger partial charge in [-0.3, -0.25) is 4.90 Å². The van der Waals surface area contributed by atoms with Gasteiger partial charge in [0, 0.05) is 37.6 Å². The van der Waals surface area contributed by atoms with Crippen LogP contribution in [0.2, 0.25) is 0 Å². The molecule has 4 heterocycles. The number of rotatable bonds is 4. The van der Waals surface area contributed by atoms with Gasteiger partial charge in [-0.25, -0.2) is 14.6 Å². The molecule has 0 aliphatic carbocycles. The summed E-state index contributed by atoms with van der Waals surface area (Å²) in [5, 5.41) is 18.6. The van der Waals surface area contributed by atoms with Crippen LogP contribution in [0.4, 0.5) is 5.95 Å².